The number of likely N-dealkylation sites (N-methyl/N-ethyl adjacent to an activating group) is 1. The van der Waals surface area contributed by atoms with Gasteiger partial charge in [-0.2, -0.15) is 0 Å². The Kier molecular flexibility index (Phi) is 11.6. The smallest absolute Gasteiger partial charge is 0.227 e. The van der Waals surface area contributed by atoms with Gasteiger partial charge in [0, 0.05) is 25.7 Å². The zero-order valence-corrected chi connectivity index (χ0v) is 18.3. The highest BCUT2D eigenvalue weighted by molar-refractivity contribution is 14.0. The van der Waals surface area contributed by atoms with Crippen LogP contribution in [0, 0.1) is 5.41 Å². The Morgan fingerprint density at radius 3 is 2.42 bits per heavy atom. The molecule has 0 aromatic rings. The summed E-state index contributed by atoms with van der Waals surface area (Å²) in [4.78, 5) is 19.2. The average molecular weight is 453 g/mol. The maximum absolute atomic E-state index is 12.1. The molecule has 0 radical (unpaired) electrons. The van der Waals surface area contributed by atoms with Gasteiger partial charge < -0.3 is 16.0 Å². The van der Waals surface area contributed by atoms with E-state index in [-0.39, 0.29) is 29.9 Å². The van der Waals surface area contributed by atoms with Gasteiger partial charge in [-0.1, -0.05) is 6.92 Å². The highest BCUT2D eigenvalue weighted by atomic mass is 127. The Hall–Kier alpha value is -0.570. The van der Waals surface area contributed by atoms with E-state index >= 15 is 0 Å². The number of carbonyl (C=O) groups excluding carboxylic acids is 1. The van der Waals surface area contributed by atoms with Crippen molar-refractivity contribution in [3.8, 4) is 0 Å². The standard InChI is InChI=1S/C17H35N5O.HI/c1-6-18-15(23)17(4,5)13-21-16(19-7-2)20-12-14-10-9-11-22(14)8-3;/h14H,6-13H2,1-5H3,(H,18,23)(H2,19,20,21);1H. The van der Waals surface area contributed by atoms with Gasteiger partial charge in [0.2, 0.25) is 5.91 Å². The van der Waals surface area contributed by atoms with Gasteiger partial charge >= 0.3 is 0 Å². The molecule has 1 saturated heterocycles. The number of hydrogen-bond donors (Lipinski definition) is 3. The second kappa shape index (κ2) is 11.9. The van der Waals surface area contributed by atoms with Gasteiger partial charge in [-0.3, -0.25) is 14.7 Å². The molecule has 0 spiro atoms. The van der Waals surface area contributed by atoms with Crippen LogP contribution in [-0.2, 0) is 4.79 Å². The Morgan fingerprint density at radius 1 is 1.17 bits per heavy atom. The molecule has 1 aliphatic rings. The summed E-state index contributed by atoms with van der Waals surface area (Å²) in [6.45, 7) is 15.2. The molecule has 24 heavy (non-hydrogen) atoms. The Bertz CT molecular complexity index is 400. The van der Waals surface area contributed by atoms with E-state index in [0.29, 0.717) is 19.1 Å². The highest BCUT2D eigenvalue weighted by Gasteiger charge is 2.27. The van der Waals surface area contributed by atoms with Crippen LogP contribution in [0.4, 0.5) is 0 Å². The van der Waals surface area contributed by atoms with Crippen molar-refractivity contribution in [2.45, 2.75) is 53.5 Å². The average Bonchev–Trinajstić information content (AvgIpc) is 2.97. The second-order valence-corrected chi connectivity index (χ2v) is 6.74. The minimum atomic E-state index is -0.499. The molecule has 1 rings (SSSR count). The van der Waals surface area contributed by atoms with Crippen molar-refractivity contribution in [2.75, 3.05) is 39.3 Å². The fraction of sp³-hybridized carbons (Fsp3) is 0.882. The lowest BCUT2D eigenvalue weighted by molar-refractivity contribution is -0.128. The topological polar surface area (TPSA) is 68.8 Å². The first-order valence-electron chi connectivity index (χ1n) is 8.99. The van der Waals surface area contributed by atoms with Gasteiger partial charge in [-0.25, -0.2) is 0 Å². The summed E-state index contributed by atoms with van der Waals surface area (Å²) >= 11 is 0. The largest absolute Gasteiger partial charge is 0.357 e. The number of likely N-dealkylation sites (tertiary alicyclic amines) is 1. The van der Waals surface area contributed by atoms with E-state index in [1.54, 1.807) is 0 Å². The van der Waals surface area contributed by atoms with E-state index in [2.05, 4.69) is 39.7 Å². The number of aliphatic imine (C=N–C) groups is 1. The van der Waals surface area contributed by atoms with E-state index < -0.39 is 5.41 Å². The van der Waals surface area contributed by atoms with Crippen LogP contribution in [0.5, 0.6) is 0 Å². The monoisotopic (exact) mass is 453 g/mol. The predicted molar refractivity (Wildman–Crippen MR) is 112 cm³/mol. The van der Waals surface area contributed by atoms with Crippen molar-refractivity contribution in [3.05, 3.63) is 0 Å². The van der Waals surface area contributed by atoms with Crippen molar-refractivity contribution >= 4 is 35.8 Å². The molecule has 1 unspecified atom stereocenters. The third kappa shape index (κ3) is 7.55. The van der Waals surface area contributed by atoms with Gasteiger partial charge in [0.1, 0.15) is 0 Å². The normalized spacial score (nSPS) is 18.9. The molecular weight excluding hydrogens is 417 g/mol. The van der Waals surface area contributed by atoms with E-state index in [9.17, 15) is 4.79 Å². The lowest BCUT2D eigenvalue weighted by Crippen LogP contribution is -2.46. The molecule has 1 aliphatic heterocycles. The summed E-state index contributed by atoms with van der Waals surface area (Å²) in [6.07, 6.45) is 2.52. The van der Waals surface area contributed by atoms with Crippen LogP contribution in [0.25, 0.3) is 0 Å². The van der Waals surface area contributed by atoms with Crippen LogP contribution in [0.1, 0.15) is 47.5 Å². The van der Waals surface area contributed by atoms with Crippen molar-refractivity contribution in [2.24, 2.45) is 10.4 Å². The number of guanidine groups is 1. The quantitative estimate of drug-likeness (QED) is 0.298. The number of nitrogens with zero attached hydrogens (tertiary/aromatic N) is 2. The van der Waals surface area contributed by atoms with Crippen molar-refractivity contribution < 1.29 is 4.79 Å². The number of amides is 1. The van der Waals surface area contributed by atoms with Crippen LogP contribution in [0.2, 0.25) is 0 Å². The van der Waals surface area contributed by atoms with Gasteiger partial charge in [-0.05, 0) is 53.6 Å². The SMILES string of the molecule is CCNC(=O)C(C)(C)CN=C(NCC)NCC1CCCN1CC.I. The molecule has 0 aromatic heterocycles. The second-order valence-electron chi connectivity index (χ2n) is 6.74. The molecule has 7 heteroatoms. The minimum absolute atomic E-state index is 0. The fourth-order valence-corrected chi connectivity index (χ4v) is 2.85. The molecule has 0 aliphatic carbocycles. The zero-order chi connectivity index (χ0) is 17.3. The lowest BCUT2D eigenvalue weighted by Gasteiger charge is -2.25. The maximum atomic E-state index is 12.1. The molecule has 1 fully saturated rings. The van der Waals surface area contributed by atoms with Gasteiger partial charge in [0.05, 0.1) is 12.0 Å². The van der Waals surface area contributed by atoms with Crippen LogP contribution < -0.4 is 16.0 Å². The number of rotatable bonds is 8. The summed E-state index contributed by atoms with van der Waals surface area (Å²) in [5.41, 5.74) is -0.499. The van der Waals surface area contributed by atoms with E-state index in [1.165, 1.54) is 19.4 Å². The van der Waals surface area contributed by atoms with Gasteiger partial charge in [-0.15, -0.1) is 24.0 Å². The summed E-state index contributed by atoms with van der Waals surface area (Å²) in [5.74, 6) is 0.848. The number of hydrogen-bond acceptors (Lipinski definition) is 3. The van der Waals surface area contributed by atoms with Crippen LogP contribution in [-0.4, -0.2) is 62.1 Å². The molecule has 0 aromatic carbocycles. The zero-order valence-electron chi connectivity index (χ0n) is 15.9. The molecule has 0 saturated carbocycles. The number of halogens is 1. The third-order valence-electron chi connectivity index (χ3n) is 4.34. The molecule has 1 heterocycles. The molecule has 0 bridgehead atoms. The van der Waals surface area contributed by atoms with E-state index in [0.717, 1.165) is 25.6 Å². The van der Waals surface area contributed by atoms with Crippen molar-refractivity contribution in [1.29, 1.82) is 0 Å². The van der Waals surface area contributed by atoms with Crippen molar-refractivity contribution in [3.63, 3.8) is 0 Å². The fourth-order valence-electron chi connectivity index (χ4n) is 2.85. The van der Waals surface area contributed by atoms with Crippen LogP contribution in [0.3, 0.4) is 0 Å². The van der Waals surface area contributed by atoms with E-state index in [1.807, 2.05) is 20.8 Å². The molecule has 1 amide bonds. The van der Waals surface area contributed by atoms with E-state index in [4.69, 9.17) is 0 Å². The first kappa shape index (κ1) is 23.4. The molecule has 142 valence electrons. The van der Waals surface area contributed by atoms with Crippen molar-refractivity contribution in [1.82, 2.24) is 20.9 Å². The lowest BCUT2D eigenvalue weighted by atomic mass is 9.92. The first-order valence-corrected chi connectivity index (χ1v) is 8.99. The van der Waals surface area contributed by atoms with Gasteiger partial charge in [0.25, 0.3) is 0 Å². The van der Waals surface area contributed by atoms with Gasteiger partial charge in [0.15, 0.2) is 5.96 Å². The Balaban J connectivity index is 0.00000529. The molecular formula is C17H36IN5O. The molecule has 1 atom stereocenters. The number of carbonyl (C=O) groups is 1. The highest BCUT2D eigenvalue weighted by Crippen LogP contribution is 2.16. The summed E-state index contributed by atoms with van der Waals surface area (Å²) in [7, 11) is 0. The number of nitrogens with one attached hydrogen (secondary N) is 3. The Labute approximate surface area is 164 Å². The molecule has 6 nitrogen and oxygen atoms in total. The Morgan fingerprint density at radius 2 is 1.83 bits per heavy atom. The summed E-state index contributed by atoms with van der Waals surface area (Å²) in [5, 5.41) is 9.58. The van der Waals surface area contributed by atoms with Crippen LogP contribution in [0.15, 0.2) is 4.99 Å². The van der Waals surface area contributed by atoms with Crippen LogP contribution >= 0.6 is 24.0 Å². The third-order valence-corrected chi connectivity index (χ3v) is 4.34. The summed E-state index contributed by atoms with van der Waals surface area (Å²) in [6, 6.07) is 0.584. The molecule has 3 N–H and O–H groups in total. The predicted octanol–water partition coefficient (Wildman–Crippen LogP) is 1.81. The minimum Gasteiger partial charge on any atom is -0.357 e. The summed E-state index contributed by atoms with van der Waals surface area (Å²) < 4.78 is 0. The maximum Gasteiger partial charge on any atom is 0.227 e. The first-order chi connectivity index (χ1) is 10.9.